The maximum Gasteiger partial charge on any atom is 0.240 e. The minimum atomic E-state index is -0.0729. The fourth-order valence-corrected chi connectivity index (χ4v) is 3.70. The summed E-state index contributed by atoms with van der Waals surface area (Å²) in [6, 6.07) is 8.37. The summed E-state index contributed by atoms with van der Waals surface area (Å²) in [6.45, 7) is 14.0. The van der Waals surface area contributed by atoms with Crippen LogP contribution in [-0.4, -0.2) is 60.0 Å². The Morgan fingerprint density at radius 3 is 2.12 bits per heavy atom. The molecule has 1 aromatic carbocycles. The van der Waals surface area contributed by atoms with Crippen molar-refractivity contribution >= 4 is 23.2 Å². The maximum absolute atomic E-state index is 12.9. The van der Waals surface area contributed by atoms with Gasteiger partial charge in [0, 0.05) is 49.0 Å². The van der Waals surface area contributed by atoms with Gasteiger partial charge in [-0.1, -0.05) is 17.7 Å². The number of benzene rings is 1. The highest BCUT2D eigenvalue weighted by molar-refractivity contribution is 6.30. The highest BCUT2D eigenvalue weighted by atomic mass is 35.5. The smallest absolute Gasteiger partial charge is 0.240 e. The standard InChI is InChI=1S/C19H30ClN3O/c1-14(2)23(15(3)4)19(24)16(5)21-9-11-22(12-10-21)18-8-6-7-17(20)13-18/h6-8,13-16H,9-12H2,1-5H3. The van der Waals surface area contributed by atoms with Crippen molar-refractivity contribution in [2.45, 2.75) is 52.7 Å². The van der Waals surface area contributed by atoms with Crippen molar-refractivity contribution in [3.8, 4) is 0 Å². The molecule has 0 radical (unpaired) electrons. The van der Waals surface area contributed by atoms with Crippen LogP contribution in [-0.2, 0) is 4.79 Å². The molecule has 0 saturated carbocycles. The molecule has 1 aliphatic rings. The zero-order chi connectivity index (χ0) is 17.9. The van der Waals surface area contributed by atoms with Gasteiger partial charge in [0.25, 0.3) is 0 Å². The highest BCUT2D eigenvalue weighted by Gasteiger charge is 2.31. The first kappa shape index (κ1) is 19.1. The third-order valence-corrected chi connectivity index (χ3v) is 4.99. The predicted molar refractivity (Wildman–Crippen MR) is 102 cm³/mol. The van der Waals surface area contributed by atoms with E-state index in [-0.39, 0.29) is 24.0 Å². The molecule has 134 valence electrons. The first-order valence-corrected chi connectivity index (χ1v) is 9.25. The highest BCUT2D eigenvalue weighted by Crippen LogP contribution is 2.22. The molecular formula is C19H30ClN3O. The van der Waals surface area contributed by atoms with Crippen molar-refractivity contribution in [2.75, 3.05) is 31.1 Å². The molecule has 1 heterocycles. The molecule has 4 nitrogen and oxygen atoms in total. The van der Waals surface area contributed by atoms with Gasteiger partial charge in [-0.05, 0) is 52.8 Å². The van der Waals surface area contributed by atoms with E-state index in [1.165, 1.54) is 0 Å². The predicted octanol–water partition coefficient (Wildman–Crippen LogP) is 3.50. The summed E-state index contributed by atoms with van der Waals surface area (Å²) in [6.07, 6.45) is 0. The number of rotatable bonds is 5. The molecular weight excluding hydrogens is 322 g/mol. The Bertz CT molecular complexity index is 545. The number of carbonyl (C=O) groups is 1. The fraction of sp³-hybridized carbons (Fsp3) is 0.632. The van der Waals surface area contributed by atoms with Crippen molar-refractivity contribution in [1.82, 2.24) is 9.80 Å². The van der Waals surface area contributed by atoms with Crippen LogP contribution in [0.3, 0.4) is 0 Å². The van der Waals surface area contributed by atoms with E-state index in [0.717, 1.165) is 36.9 Å². The van der Waals surface area contributed by atoms with Crippen molar-refractivity contribution in [3.05, 3.63) is 29.3 Å². The van der Waals surface area contributed by atoms with Crippen molar-refractivity contribution < 1.29 is 4.79 Å². The summed E-state index contributed by atoms with van der Waals surface area (Å²) in [5.41, 5.74) is 1.16. The second-order valence-corrected chi connectivity index (χ2v) is 7.55. The van der Waals surface area contributed by atoms with Gasteiger partial charge in [0.1, 0.15) is 0 Å². The lowest BCUT2D eigenvalue weighted by molar-refractivity contribution is -0.140. The van der Waals surface area contributed by atoms with E-state index in [9.17, 15) is 4.79 Å². The van der Waals surface area contributed by atoms with Crippen LogP contribution in [0.1, 0.15) is 34.6 Å². The summed E-state index contributed by atoms with van der Waals surface area (Å²) < 4.78 is 0. The second-order valence-electron chi connectivity index (χ2n) is 7.11. The SMILES string of the molecule is CC(C(=O)N(C(C)C)C(C)C)N1CCN(c2cccc(Cl)c2)CC1. The average molecular weight is 352 g/mol. The van der Waals surface area contributed by atoms with E-state index < -0.39 is 0 Å². The number of anilines is 1. The van der Waals surface area contributed by atoms with Crippen LogP contribution in [0.2, 0.25) is 5.02 Å². The first-order valence-electron chi connectivity index (χ1n) is 8.88. The van der Waals surface area contributed by atoms with Crippen molar-refractivity contribution in [1.29, 1.82) is 0 Å². The van der Waals surface area contributed by atoms with Gasteiger partial charge in [-0.2, -0.15) is 0 Å². The summed E-state index contributed by atoms with van der Waals surface area (Å²) in [4.78, 5) is 19.5. The molecule has 1 aromatic rings. The molecule has 1 amide bonds. The molecule has 1 fully saturated rings. The Kier molecular flexibility index (Phi) is 6.53. The van der Waals surface area contributed by atoms with Crippen LogP contribution in [0, 0.1) is 0 Å². The number of hydrogen-bond donors (Lipinski definition) is 0. The van der Waals surface area contributed by atoms with Crippen molar-refractivity contribution in [3.63, 3.8) is 0 Å². The number of nitrogens with zero attached hydrogens (tertiary/aromatic N) is 3. The fourth-order valence-electron chi connectivity index (χ4n) is 3.52. The number of amides is 1. The molecule has 0 aromatic heterocycles. The number of piperazine rings is 1. The van der Waals surface area contributed by atoms with E-state index in [1.807, 2.05) is 30.0 Å². The molecule has 0 spiro atoms. The van der Waals surface area contributed by atoms with Crippen LogP contribution >= 0.6 is 11.6 Å². The molecule has 1 aliphatic heterocycles. The summed E-state index contributed by atoms with van der Waals surface area (Å²) >= 11 is 6.09. The van der Waals surface area contributed by atoms with Crippen LogP contribution in [0.4, 0.5) is 5.69 Å². The quantitative estimate of drug-likeness (QED) is 0.812. The Morgan fingerprint density at radius 2 is 1.62 bits per heavy atom. The summed E-state index contributed by atoms with van der Waals surface area (Å²) in [5, 5.41) is 0.767. The molecule has 0 aliphatic carbocycles. The van der Waals surface area contributed by atoms with Crippen LogP contribution < -0.4 is 4.90 Å². The third-order valence-electron chi connectivity index (χ3n) is 4.76. The molecule has 24 heavy (non-hydrogen) atoms. The lowest BCUT2D eigenvalue weighted by Crippen LogP contribution is -2.56. The van der Waals surface area contributed by atoms with E-state index >= 15 is 0 Å². The lowest BCUT2D eigenvalue weighted by Gasteiger charge is -2.41. The van der Waals surface area contributed by atoms with E-state index in [1.54, 1.807) is 0 Å². The Balaban J connectivity index is 1.97. The zero-order valence-electron chi connectivity index (χ0n) is 15.5. The normalized spacial score (nSPS) is 17.4. The van der Waals surface area contributed by atoms with Crippen LogP contribution in [0.15, 0.2) is 24.3 Å². The van der Waals surface area contributed by atoms with E-state index in [2.05, 4.69) is 43.6 Å². The van der Waals surface area contributed by atoms with Gasteiger partial charge in [0.15, 0.2) is 0 Å². The van der Waals surface area contributed by atoms with Gasteiger partial charge in [0.2, 0.25) is 5.91 Å². The topological polar surface area (TPSA) is 26.8 Å². The Hall–Kier alpha value is -1.26. The van der Waals surface area contributed by atoms with Crippen LogP contribution in [0.5, 0.6) is 0 Å². The second kappa shape index (κ2) is 8.21. The Labute approximate surface area is 151 Å². The maximum atomic E-state index is 12.9. The summed E-state index contributed by atoms with van der Waals surface area (Å²) in [7, 11) is 0. The molecule has 5 heteroatoms. The minimum absolute atomic E-state index is 0.0729. The lowest BCUT2D eigenvalue weighted by atomic mass is 10.1. The molecule has 2 rings (SSSR count). The van der Waals surface area contributed by atoms with Gasteiger partial charge >= 0.3 is 0 Å². The Morgan fingerprint density at radius 1 is 1.04 bits per heavy atom. The van der Waals surface area contributed by atoms with Gasteiger partial charge in [-0.3, -0.25) is 9.69 Å². The number of halogens is 1. The first-order chi connectivity index (χ1) is 11.3. The van der Waals surface area contributed by atoms with E-state index in [4.69, 9.17) is 11.6 Å². The third kappa shape index (κ3) is 4.42. The monoisotopic (exact) mass is 351 g/mol. The molecule has 1 unspecified atom stereocenters. The molecule has 0 bridgehead atoms. The van der Waals surface area contributed by atoms with Crippen molar-refractivity contribution in [2.24, 2.45) is 0 Å². The summed E-state index contributed by atoms with van der Waals surface area (Å²) in [5.74, 6) is 0.233. The molecule has 1 saturated heterocycles. The minimum Gasteiger partial charge on any atom is -0.369 e. The number of carbonyl (C=O) groups excluding carboxylic acids is 1. The van der Waals surface area contributed by atoms with Gasteiger partial charge in [-0.25, -0.2) is 0 Å². The zero-order valence-corrected chi connectivity index (χ0v) is 16.3. The average Bonchev–Trinajstić information content (AvgIpc) is 2.53. The van der Waals surface area contributed by atoms with E-state index in [0.29, 0.717) is 0 Å². The van der Waals surface area contributed by atoms with Gasteiger partial charge in [0.05, 0.1) is 6.04 Å². The largest absolute Gasteiger partial charge is 0.369 e. The number of hydrogen-bond acceptors (Lipinski definition) is 3. The molecule has 1 atom stereocenters. The van der Waals surface area contributed by atoms with Gasteiger partial charge in [-0.15, -0.1) is 0 Å². The van der Waals surface area contributed by atoms with Gasteiger partial charge < -0.3 is 9.80 Å². The molecule has 0 N–H and O–H groups in total. The van der Waals surface area contributed by atoms with Crippen LogP contribution in [0.25, 0.3) is 0 Å².